The molecule has 0 heterocycles. The first-order valence-electron chi connectivity index (χ1n) is 6.37. The number of nitriles is 1. The van der Waals surface area contributed by atoms with E-state index in [9.17, 15) is 0 Å². The molecule has 2 nitrogen and oxygen atoms in total. The molecular formula is C13H24N2. The zero-order valence-corrected chi connectivity index (χ0v) is 10.2. The molecule has 0 saturated heterocycles. The standard InChI is InChI=1S/C13H24N2/c1-3-4-5-10-15(2)13-8-6-12(11-14)7-9-13/h12-13H,3-10H2,1-2H3. The van der Waals surface area contributed by atoms with Crippen LogP contribution in [0.5, 0.6) is 0 Å². The van der Waals surface area contributed by atoms with Gasteiger partial charge in [0.1, 0.15) is 0 Å². The van der Waals surface area contributed by atoms with Gasteiger partial charge in [0.2, 0.25) is 0 Å². The summed E-state index contributed by atoms with van der Waals surface area (Å²) < 4.78 is 0. The Labute approximate surface area is 94.3 Å². The van der Waals surface area contributed by atoms with Gasteiger partial charge in [-0.05, 0) is 45.7 Å². The average molecular weight is 208 g/mol. The van der Waals surface area contributed by atoms with E-state index in [0.717, 1.165) is 18.9 Å². The summed E-state index contributed by atoms with van der Waals surface area (Å²) in [5.41, 5.74) is 0. The van der Waals surface area contributed by atoms with Crippen LogP contribution in [0, 0.1) is 17.2 Å². The molecule has 0 atom stereocenters. The third-order valence-corrected chi connectivity index (χ3v) is 3.62. The van der Waals surface area contributed by atoms with Crippen molar-refractivity contribution in [2.24, 2.45) is 5.92 Å². The molecule has 0 aromatic carbocycles. The second-order valence-corrected chi connectivity index (χ2v) is 4.82. The highest BCUT2D eigenvalue weighted by Gasteiger charge is 2.23. The van der Waals surface area contributed by atoms with Crippen LogP contribution in [0.15, 0.2) is 0 Å². The van der Waals surface area contributed by atoms with Gasteiger partial charge in [-0.15, -0.1) is 0 Å². The van der Waals surface area contributed by atoms with Crippen molar-refractivity contribution in [3.63, 3.8) is 0 Å². The van der Waals surface area contributed by atoms with Crippen molar-refractivity contribution in [2.75, 3.05) is 13.6 Å². The summed E-state index contributed by atoms with van der Waals surface area (Å²) in [6.45, 7) is 3.48. The molecular weight excluding hydrogens is 184 g/mol. The highest BCUT2D eigenvalue weighted by molar-refractivity contribution is 4.89. The van der Waals surface area contributed by atoms with Crippen LogP contribution in [-0.2, 0) is 0 Å². The van der Waals surface area contributed by atoms with E-state index in [1.807, 2.05) is 0 Å². The molecule has 0 aliphatic heterocycles. The summed E-state index contributed by atoms with van der Waals surface area (Å²) in [6, 6.07) is 3.14. The van der Waals surface area contributed by atoms with Crippen LogP contribution in [0.4, 0.5) is 0 Å². The Kier molecular flexibility index (Phi) is 5.71. The third kappa shape index (κ3) is 4.22. The van der Waals surface area contributed by atoms with Crippen molar-refractivity contribution >= 4 is 0 Å². The first-order valence-corrected chi connectivity index (χ1v) is 6.37. The summed E-state index contributed by atoms with van der Waals surface area (Å²) in [4.78, 5) is 2.50. The van der Waals surface area contributed by atoms with Gasteiger partial charge >= 0.3 is 0 Å². The topological polar surface area (TPSA) is 27.0 Å². The summed E-state index contributed by atoms with van der Waals surface area (Å²) in [5, 5.41) is 8.83. The minimum absolute atomic E-state index is 0.338. The lowest BCUT2D eigenvalue weighted by molar-refractivity contribution is 0.176. The number of unbranched alkanes of at least 4 members (excludes halogenated alkanes) is 2. The molecule has 0 aromatic heterocycles. The van der Waals surface area contributed by atoms with Crippen molar-refractivity contribution < 1.29 is 0 Å². The Hall–Kier alpha value is -0.550. The summed E-state index contributed by atoms with van der Waals surface area (Å²) in [7, 11) is 2.24. The van der Waals surface area contributed by atoms with Gasteiger partial charge in [-0.2, -0.15) is 5.26 Å². The quantitative estimate of drug-likeness (QED) is 0.649. The molecule has 0 N–H and O–H groups in total. The predicted molar refractivity (Wildman–Crippen MR) is 63.5 cm³/mol. The minimum Gasteiger partial charge on any atom is -0.303 e. The van der Waals surface area contributed by atoms with E-state index in [-0.39, 0.29) is 0 Å². The van der Waals surface area contributed by atoms with E-state index < -0.39 is 0 Å². The highest BCUT2D eigenvalue weighted by atomic mass is 15.1. The van der Waals surface area contributed by atoms with Crippen LogP contribution in [0.25, 0.3) is 0 Å². The molecule has 0 amide bonds. The van der Waals surface area contributed by atoms with Crippen LogP contribution in [0.3, 0.4) is 0 Å². The van der Waals surface area contributed by atoms with E-state index in [1.165, 1.54) is 38.6 Å². The summed E-state index contributed by atoms with van der Waals surface area (Å²) >= 11 is 0. The Balaban J connectivity index is 2.18. The van der Waals surface area contributed by atoms with Crippen LogP contribution < -0.4 is 0 Å². The smallest absolute Gasteiger partial charge is 0.0655 e. The average Bonchev–Trinajstić information content (AvgIpc) is 2.29. The number of rotatable bonds is 5. The fourth-order valence-corrected chi connectivity index (χ4v) is 2.44. The van der Waals surface area contributed by atoms with Gasteiger partial charge in [0, 0.05) is 12.0 Å². The molecule has 0 spiro atoms. The maximum Gasteiger partial charge on any atom is 0.0655 e. The Morgan fingerprint density at radius 3 is 2.40 bits per heavy atom. The molecule has 1 saturated carbocycles. The lowest BCUT2D eigenvalue weighted by Crippen LogP contribution is -2.35. The molecule has 1 fully saturated rings. The van der Waals surface area contributed by atoms with E-state index >= 15 is 0 Å². The van der Waals surface area contributed by atoms with Gasteiger partial charge in [-0.1, -0.05) is 19.8 Å². The Morgan fingerprint density at radius 1 is 1.20 bits per heavy atom. The highest BCUT2D eigenvalue weighted by Crippen LogP contribution is 2.26. The Bertz CT molecular complexity index is 199. The van der Waals surface area contributed by atoms with Gasteiger partial charge in [0.15, 0.2) is 0 Å². The van der Waals surface area contributed by atoms with Crippen LogP contribution in [0.2, 0.25) is 0 Å². The van der Waals surface area contributed by atoms with Crippen molar-refractivity contribution in [3.05, 3.63) is 0 Å². The molecule has 1 rings (SSSR count). The van der Waals surface area contributed by atoms with E-state index in [0.29, 0.717) is 5.92 Å². The van der Waals surface area contributed by atoms with Crippen LogP contribution in [0.1, 0.15) is 51.9 Å². The van der Waals surface area contributed by atoms with Gasteiger partial charge in [-0.3, -0.25) is 0 Å². The molecule has 0 radical (unpaired) electrons. The summed E-state index contributed by atoms with van der Waals surface area (Å²) in [6.07, 6.45) is 8.64. The molecule has 0 unspecified atom stereocenters. The van der Waals surface area contributed by atoms with Crippen molar-refractivity contribution in [2.45, 2.75) is 57.9 Å². The van der Waals surface area contributed by atoms with Gasteiger partial charge in [0.25, 0.3) is 0 Å². The van der Waals surface area contributed by atoms with E-state index in [1.54, 1.807) is 0 Å². The predicted octanol–water partition coefficient (Wildman–Crippen LogP) is 3.19. The Morgan fingerprint density at radius 2 is 1.87 bits per heavy atom. The molecule has 1 aliphatic rings. The normalized spacial score (nSPS) is 26.5. The monoisotopic (exact) mass is 208 g/mol. The maximum absolute atomic E-state index is 8.83. The summed E-state index contributed by atoms with van der Waals surface area (Å²) in [5.74, 6) is 0.338. The third-order valence-electron chi connectivity index (χ3n) is 3.62. The number of nitrogens with zero attached hydrogens (tertiary/aromatic N) is 2. The molecule has 0 aromatic rings. The lowest BCUT2D eigenvalue weighted by atomic mass is 9.86. The van der Waals surface area contributed by atoms with Crippen LogP contribution >= 0.6 is 0 Å². The molecule has 0 bridgehead atoms. The first-order chi connectivity index (χ1) is 7.27. The second kappa shape index (κ2) is 6.85. The molecule has 15 heavy (non-hydrogen) atoms. The fourth-order valence-electron chi connectivity index (χ4n) is 2.44. The van der Waals surface area contributed by atoms with Crippen molar-refractivity contribution in [1.82, 2.24) is 4.90 Å². The fraction of sp³-hybridized carbons (Fsp3) is 0.923. The second-order valence-electron chi connectivity index (χ2n) is 4.82. The van der Waals surface area contributed by atoms with E-state index in [2.05, 4.69) is 24.9 Å². The molecule has 2 heteroatoms. The largest absolute Gasteiger partial charge is 0.303 e. The number of hydrogen-bond donors (Lipinski definition) is 0. The van der Waals surface area contributed by atoms with Crippen molar-refractivity contribution in [1.29, 1.82) is 5.26 Å². The first kappa shape index (κ1) is 12.5. The lowest BCUT2D eigenvalue weighted by Gasteiger charge is -2.32. The van der Waals surface area contributed by atoms with Gasteiger partial charge in [-0.25, -0.2) is 0 Å². The minimum atomic E-state index is 0.338. The van der Waals surface area contributed by atoms with Gasteiger partial charge < -0.3 is 4.90 Å². The number of hydrogen-bond acceptors (Lipinski definition) is 2. The zero-order chi connectivity index (χ0) is 11.1. The van der Waals surface area contributed by atoms with Gasteiger partial charge in [0.05, 0.1) is 6.07 Å². The van der Waals surface area contributed by atoms with E-state index in [4.69, 9.17) is 5.26 Å². The molecule has 1 aliphatic carbocycles. The zero-order valence-electron chi connectivity index (χ0n) is 10.2. The van der Waals surface area contributed by atoms with Crippen LogP contribution in [-0.4, -0.2) is 24.5 Å². The molecule has 86 valence electrons. The SMILES string of the molecule is CCCCCN(C)C1CCC(C#N)CC1. The maximum atomic E-state index is 8.83. The van der Waals surface area contributed by atoms with Crippen molar-refractivity contribution in [3.8, 4) is 6.07 Å².